The van der Waals surface area contributed by atoms with Gasteiger partial charge in [-0.05, 0) is 29.2 Å². The maximum atomic E-state index is 6.14. The van der Waals surface area contributed by atoms with Crippen molar-refractivity contribution in [3.63, 3.8) is 0 Å². The highest BCUT2D eigenvalue weighted by Gasteiger charge is 2.16. The molecule has 0 bridgehead atoms. The number of fused-ring (bicyclic) bond motifs is 3. The van der Waals surface area contributed by atoms with Crippen molar-refractivity contribution in [2.24, 2.45) is 7.05 Å². The van der Waals surface area contributed by atoms with E-state index >= 15 is 0 Å². The fourth-order valence-corrected chi connectivity index (χ4v) is 3.45. The summed E-state index contributed by atoms with van der Waals surface area (Å²) in [4.78, 5) is 8.55. The molecule has 0 aliphatic heterocycles. The molecule has 5 nitrogen and oxygen atoms in total. The first-order valence-electron chi connectivity index (χ1n) is 8.36. The van der Waals surface area contributed by atoms with Crippen LogP contribution in [-0.2, 0) is 7.05 Å². The quantitative estimate of drug-likeness (QED) is 0.580. The van der Waals surface area contributed by atoms with E-state index in [4.69, 9.17) is 11.5 Å². The summed E-state index contributed by atoms with van der Waals surface area (Å²) in [5, 5.41) is 1.90. The van der Waals surface area contributed by atoms with Crippen LogP contribution in [0.3, 0.4) is 0 Å². The van der Waals surface area contributed by atoms with Crippen LogP contribution >= 0.6 is 0 Å². The Morgan fingerprint density at radius 1 is 1.04 bits per heavy atom. The zero-order valence-electron chi connectivity index (χ0n) is 14.6. The average molecular weight is 331 g/mol. The predicted molar refractivity (Wildman–Crippen MR) is 104 cm³/mol. The van der Waals surface area contributed by atoms with Gasteiger partial charge in [-0.2, -0.15) is 4.98 Å². The van der Waals surface area contributed by atoms with Crippen molar-refractivity contribution in [1.82, 2.24) is 14.5 Å². The lowest BCUT2D eigenvalue weighted by Gasteiger charge is -2.13. The van der Waals surface area contributed by atoms with E-state index in [9.17, 15) is 0 Å². The highest BCUT2D eigenvalue weighted by molar-refractivity contribution is 6.15. The van der Waals surface area contributed by atoms with Crippen LogP contribution in [0.25, 0.3) is 32.9 Å². The van der Waals surface area contributed by atoms with E-state index < -0.39 is 0 Å². The van der Waals surface area contributed by atoms with Crippen molar-refractivity contribution in [2.75, 3.05) is 11.5 Å². The first kappa shape index (κ1) is 15.4. The molecule has 4 N–H and O–H groups in total. The van der Waals surface area contributed by atoms with Crippen molar-refractivity contribution in [1.29, 1.82) is 0 Å². The van der Waals surface area contributed by atoms with Gasteiger partial charge in [-0.15, -0.1) is 0 Å². The van der Waals surface area contributed by atoms with Gasteiger partial charge >= 0.3 is 0 Å². The molecule has 0 aliphatic carbocycles. The van der Waals surface area contributed by atoms with E-state index in [0.29, 0.717) is 11.7 Å². The Labute approximate surface area is 146 Å². The van der Waals surface area contributed by atoms with Crippen LogP contribution in [-0.4, -0.2) is 14.5 Å². The third kappa shape index (κ3) is 2.39. The Bertz CT molecular complexity index is 1110. The third-order valence-electron chi connectivity index (χ3n) is 4.72. The SMILES string of the molecule is CC(C)c1cccc(-c2cc3nc(N)nc(N)c3c3ccn(C)c23)c1. The van der Waals surface area contributed by atoms with Crippen molar-refractivity contribution in [3.05, 3.63) is 48.2 Å². The Balaban J connectivity index is 2.12. The molecule has 0 spiro atoms. The molecule has 0 fully saturated rings. The predicted octanol–water partition coefficient (Wildman–Crippen LogP) is 4.08. The van der Waals surface area contributed by atoms with Crippen molar-refractivity contribution < 1.29 is 0 Å². The fourth-order valence-electron chi connectivity index (χ4n) is 3.45. The maximum Gasteiger partial charge on any atom is 0.222 e. The highest BCUT2D eigenvalue weighted by Crippen LogP contribution is 2.37. The molecule has 0 unspecified atom stereocenters. The summed E-state index contributed by atoms with van der Waals surface area (Å²) >= 11 is 0. The lowest BCUT2D eigenvalue weighted by atomic mass is 9.95. The minimum Gasteiger partial charge on any atom is -0.383 e. The van der Waals surface area contributed by atoms with Gasteiger partial charge < -0.3 is 16.0 Å². The number of nitrogens with zero attached hydrogens (tertiary/aromatic N) is 3. The Hall–Kier alpha value is -3.08. The molecule has 0 aliphatic rings. The molecule has 5 heteroatoms. The molecule has 0 amide bonds. The van der Waals surface area contributed by atoms with E-state index in [1.54, 1.807) is 0 Å². The summed E-state index contributed by atoms with van der Waals surface area (Å²) in [6.45, 7) is 4.40. The summed E-state index contributed by atoms with van der Waals surface area (Å²) in [6, 6.07) is 12.8. The minimum absolute atomic E-state index is 0.196. The molecule has 4 aromatic rings. The monoisotopic (exact) mass is 331 g/mol. The van der Waals surface area contributed by atoms with Gasteiger partial charge in [0.2, 0.25) is 5.95 Å². The van der Waals surface area contributed by atoms with Crippen molar-refractivity contribution >= 4 is 33.6 Å². The van der Waals surface area contributed by atoms with E-state index in [0.717, 1.165) is 32.9 Å². The van der Waals surface area contributed by atoms with Gasteiger partial charge in [0.25, 0.3) is 0 Å². The topological polar surface area (TPSA) is 82.8 Å². The van der Waals surface area contributed by atoms with Crippen LogP contribution < -0.4 is 11.5 Å². The number of aromatic nitrogens is 3. The van der Waals surface area contributed by atoms with Crippen LogP contribution in [0.2, 0.25) is 0 Å². The van der Waals surface area contributed by atoms with E-state index in [-0.39, 0.29) is 5.95 Å². The molecule has 2 heterocycles. The lowest BCUT2D eigenvalue weighted by molar-refractivity contribution is 0.867. The third-order valence-corrected chi connectivity index (χ3v) is 4.72. The van der Waals surface area contributed by atoms with Crippen LogP contribution in [0.1, 0.15) is 25.3 Å². The lowest BCUT2D eigenvalue weighted by Crippen LogP contribution is -2.01. The molecular weight excluding hydrogens is 310 g/mol. The molecule has 2 aromatic heterocycles. The van der Waals surface area contributed by atoms with Gasteiger partial charge in [-0.3, -0.25) is 0 Å². The van der Waals surface area contributed by atoms with Gasteiger partial charge in [0, 0.05) is 24.2 Å². The van der Waals surface area contributed by atoms with Gasteiger partial charge in [0.05, 0.1) is 16.4 Å². The average Bonchev–Trinajstić information content (AvgIpc) is 2.95. The van der Waals surface area contributed by atoms with Crippen LogP contribution in [0.5, 0.6) is 0 Å². The molecule has 0 saturated carbocycles. The molecule has 4 rings (SSSR count). The maximum absolute atomic E-state index is 6.14. The van der Waals surface area contributed by atoms with Crippen LogP contribution in [0.4, 0.5) is 11.8 Å². The minimum atomic E-state index is 0.196. The van der Waals surface area contributed by atoms with Gasteiger partial charge in [-0.25, -0.2) is 4.98 Å². The number of hydrogen-bond acceptors (Lipinski definition) is 4. The zero-order chi connectivity index (χ0) is 17.7. The molecule has 126 valence electrons. The van der Waals surface area contributed by atoms with Gasteiger partial charge in [0.15, 0.2) is 0 Å². The standard InChI is InChI=1S/C20H21N5/c1-11(2)12-5-4-6-13(9-12)15-10-16-17(19(21)24-20(22)23-16)14-7-8-25(3)18(14)15/h4-11H,1-3H3,(H4,21,22,23,24). The van der Waals surface area contributed by atoms with Crippen LogP contribution in [0, 0.1) is 0 Å². The molecule has 25 heavy (non-hydrogen) atoms. The molecule has 2 aromatic carbocycles. The number of benzene rings is 2. The Morgan fingerprint density at radius 2 is 1.84 bits per heavy atom. The largest absolute Gasteiger partial charge is 0.383 e. The number of aryl methyl sites for hydroxylation is 1. The molecular formula is C20H21N5. The zero-order valence-corrected chi connectivity index (χ0v) is 14.6. The number of nitrogen functional groups attached to an aromatic ring is 2. The summed E-state index contributed by atoms with van der Waals surface area (Å²) in [6.07, 6.45) is 2.04. The van der Waals surface area contributed by atoms with E-state index in [1.807, 2.05) is 13.2 Å². The number of hydrogen-bond donors (Lipinski definition) is 2. The number of anilines is 2. The Morgan fingerprint density at radius 3 is 2.60 bits per heavy atom. The van der Waals surface area contributed by atoms with E-state index in [1.165, 1.54) is 5.56 Å². The summed E-state index contributed by atoms with van der Waals surface area (Å²) in [7, 11) is 2.04. The van der Waals surface area contributed by atoms with Crippen molar-refractivity contribution in [2.45, 2.75) is 19.8 Å². The summed E-state index contributed by atoms with van der Waals surface area (Å²) in [5.41, 5.74) is 17.4. The highest BCUT2D eigenvalue weighted by atomic mass is 15.0. The number of rotatable bonds is 2. The van der Waals surface area contributed by atoms with Crippen molar-refractivity contribution in [3.8, 4) is 11.1 Å². The Kier molecular flexibility index (Phi) is 3.39. The first-order chi connectivity index (χ1) is 12.0. The summed E-state index contributed by atoms with van der Waals surface area (Å²) < 4.78 is 2.11. The normalized spacial score (nSPS) is 11.7. The number of nitrogens with two attached hydrogens (primary N) is 2. The molecule has 0 radical (unpaired) electrons. The fraction of sp³-hybridized carbons (Fsp3) is 0.200. The second kappa shape index (κ2) is 5.48. The van der Waals surface area contributed by atoms with E-state index in [2.05, 4.69) is 64.8 Å². The second-order valence-electron chi connectivity index (χ2n) is 6.75. The molecule has 0 saturated heterocycles. The van der Waals surface area contributed by atoms with Gasteiger partial charge in [-0.1, -0.05) is 38.1 Å². The smallest absolute Gasteiger partial charge is 0.222 e. The van der Waals surface area contributed by atoms with Crippen LogP contribution in [0.15, 0.2) is 42.6 Å². The first-order valence-corrected chi connectivity index (χ1v) is 8.36. The van der Waals surface area contributed by atoms with Gasteiger partial charge in [0.1, 0.15) is 5.82 Å². The molecule has 0 atom stereocenters. The summed E-state index contributed by atoms with van der Waals surface area (Å²) in [5.74, 6) is 1.08. The second-order valence-corrected chi connectivity index (χ2v) is 6.75.